The first-order valence-electron chi connectivity index (χ1n) is 4.63. The molecule has 0 aliphatic heterocycles. The molecule has 0 amide bonds. The van der Waals surface area contributed by atoms with Crippen molar-refractivity contribution in [3.8, 4) is 11.1 Å². The van der Waals surface area contributed by atoms with Crippen LogP contribution in [0, 0.1) is 0 Å². The molecule has 16 heavy (non-hydrogen) atoms. The molecule has 0 aliphatic rings. The Kier molecular flexibility index (Phi) is 4.59. The van der Waals surface area contributed by atoms with Gasteiger partial charge in [0.15, 0.2) is 0 Å². The van der Waals surface area contributed by atoms with Crippen LogP contribution in [0.5, 0.6) is 0 Å². The van der Waals surface area contributed by atoms with Crippen molar-refractivity contribution < 1.29 is 4.79 Å². The first-order chi connectivity index (χ1) is 7.27. The van der Waals surface area contributed by atoms with Gasteiger partial charge in [-0.3, -0.25) is 4.79 Å². The van der Waals surface area contributed by atoms with Crippen molar-refractivity contribution in [1.29, 1.82) is 0 Å². The molecule has 0 radical (unpaired) electrons. The average Bonchev–Trinajstić information content (AvgIpc) is 2.30. The van der Waals surface area contributed by atoms with Gasteiger partial charge in [-0.15, -0.1) is 0 Å². The molecule has 0 saturated heterocycles. The summed E-state index contributed by atoms with van der Waals surface area (Å²) in [7, 11) is 0. The molecule has 1 nitrogen and oxygen atoms in total. The Balaban J connectivity index is 0.00000128. The Morgan fingerprint density at radius 3 is 2.12 bits per heavy atom. The van der Waals surface area contributed by atoms with Crippen LogP contribution in [0.1, 0.15) is 10.4 Å². The van der Waals surface area contributed by atoms with E-state index in [9.17, 15) is 4.79 Å². The van der Waals surface area contributed by atoms with Crippen molar-refractivity contribution in [3.05, 3.63) is 60.2 Å². The summed E-state index contributed by atoms with van der Waals surface area (Å²) >= 11 is 5.42. The SMILES string of the molecule is O=C(Cl)c1cccc(-c2ccccc2)c1.S. The van der Waals surface area contributed by atoms with E-state index in [4.69, 9.17) is 11.6 Å². The van der Waals surface area contributed by atoms with Crippen LogP contribution < -0.4 is 0 Å². The molecule has 82 valence electrons. The minimum atomic E-state index is -0.423. The largest absolute Gasteiger partial charge is 0.276 e. The number of rotatable bonds is 2. The zero-order valence-electron chi connectivity index (χ0n) is 8.48. The van der Waals surface area contributed by atoms with Crippen molar-refractivity contribution in [1.82, 2.24) is 0 Å². The second-order valence-electron chi connectivity index (χ2n) is 3.22. The molecule has 0 N–H and O–H groups in total. The quantitative estimate of drug-likeness (QED) is 0.740. The van der Waals surface area contributed by atoms with E-state index in [1.54, 1.807) is 12.1 Å². The highest BCUT2D eigenvalue weighted by Crippen LogP contribution is 2.20. The summed E-state index contributed by atoms with van der Waals surface area (Å²) in [5, 5.41) is -0.423. The van der Waals surface area contributed by atoms with E-state index < -0.39 is 5.24 Å². The summed E-state index contributed by atoms with van der Waals surface area (Å²) in [6.45, 7) is 0. The monoisotopic (exact) mass is 250 g/mol. The van der Waals surface area contributed by atoms with Crippen molar-refractivity contribution >= 4 is 30.3 Å². The molecular formula is C13H11ClOS. The number of hydrogen-bond acceptors (Lipinski definition) is 1. The van der Waals surface area contributed by atoms with E-state index >= 15 is 0 Å². The highest BCUT2D eigenvalue weighted by molar-refractivity contribution is 7.59. The van der Waals surface area contributed by atoms with Crippen LogP contribution in [0.25, 0.3) is 11.1 Å². The zero-order chi connectivity index (χ0) is 10.7. The second-order valence-corrected chi connectivity index (χ2v) is 3.56. The van der Waals surface area contributed by atoms with Crippen molar-refractivity contribution in [2.45, 2.75) is 0 Å². The molecule has 2 rings (SSSR count). The van der Waals surface area contributed by atoms with Gasteiger partial charge in [-0.1, -0.05) is 48.5 Å². The van der Waals surface area contributed by atoms with Gasteiger partial charge in [0.25, 0.3) is 5.24 Å². The van der Waals surface area contributed by atoms with Gasteiger partial charge in [0, 0.05) is 5.56 Å². The van der Waals surface area contributed by atoms with Gasteiger partial charge in [-0.05, 0) is 28.8 Å². The predicted octanol–water partition coefficient (Wildman–Crippen LogP) is 3.85. The minimum absolute atomic E-state index is 0. The molecule has 0 unspecified atom stereocenters. The molecule has 3 heteroatoms. The molecule has 0 heterocycles. The normalized spacial score (nSPS) is 9.31. The number of carbonyl (C=O) groups is 1. The lowest BCUT2D eigenvalue weighted by molar-refractivity contribution is 0.108. The van der Waals surface area contributed by atoms with Gasteiger partial charge >= 0.3 is 0 Å². The summed E-state index contributed by atoms with van der Waals surface area (Å²) < 4.78 is 0. The molecule has 2 aromatic rings. The summed E-state index contributed by atoms with van der Waals surface area (Å²) in [5.74, 6) is 0. The van der Waals surface area contributed by atoms with E-state index in [-0.39, 0.29) is 13.5 Å². The molecule has 0 atom stereocenters. The highest BCUT2D eigenvalue weighted by Gasteiger charge is 2.03. The van der Waals surface area contributed by atoms with E-state index in [1.807, 2.05) is 42.5 Å². The molecule has 0 aromatic heterocycles. The van der Waals surface area contributed by atoms with E-state index in [2.05, 4.69) is 0 Å². The fourth-order valence-corrected chi connectivity index (χ4v) is 1.57. The number of halogens is 1. The van der Waals surface area contributed by atoms with Crippen LogP contribution in [0.4, 0.5) is 0 Å². The predicted molar refractivity (Wildman–Crippen MR) is 72.4 cm³/mol. The van der Waals surface area contributed by atoms with Crippen molar-refractivity contribution in [2.24, 2.45) is 0 Å². The third-order valence-electron chi connectivity index (χ3n) is 2.20. The maximum Gasteiger partial charge on any atom is 0.252 e. The van der Waals surface area contributed by atoms with Crippen LogP contribution in [0.15, 0.2) is 54.6 Å². The van der Waals surface area contributed by atoms with Crippen molar-refractivity contribution in [2.75, 3.05) is 0 Å². The fourth-order valence-electron chi connectivity index (χ4n) is 1.45. The summed E-state index contributed by atoms with van der Waals surface area (Å²) in [6, 6.07) is 17.2. The average molecular weight is 251 g/mol. The third kappa shape index (κ3) is 2.87. The minimum Gasteiger partial charge on any atom is -0.276 e. The van der Waals surface area contributed by atoms with Crippen LogP contribution in [-0.4, -0.2) is 5.24 Å². The Morgan fingerprint density at radius 2 is 1.50 bits per heavy atom. The Bertz CT molecular complexity index is 482. The summed E-state index contributed by atoms with van der Waals surface area (Å²) in [5.41, 5.74) is 2.61. The lowest BCUT2D eigenvalue weighted by Crippen LogP contribution is -1.88. The first-order valence-corrected chi connectivity index (χ1v) is 5.00. The summed E-state index contributed by atoms with van der Waals surface area (Å²) in [4.78, 5) is 11.0. The van der Waals surface area contributed by atoms with Crippen LogP contribution in [0.2, 0.25) is 0 Å². The number of hydrogen-bond donors (Lipinski definition) is 0. The molecule has 0 bridgehead atoms. The van der Waals surface area contributed by atoms with Crippen LogP contribution >= 0.6 is 25.1 Å². The fraction of sp³-hybridized carbons (Fsp3) is 0. The molecule has 0 aliphatic carbocycles. The zero-order valence-corrected chi connectivity index (χ0v) is 10.2. The Hall–Kier alpha value is -1.25. The number of carbonyl (C=O) groups excluding carboxylic acids is 1. The topological polar surface area (TPSA) is 17.1 Å². The van der Waals surface area contributed by atoms with Gasteiger partial charge in [0.05, 0.1) is 0 Å². The molecule has 0 fully saturated rings. The van der Waals surface area contributed by atoms with Gasteiger partial charge < -0.3 is 0 Å². The van der Waals surface area contributed by atoms with Gasteiger partial charge in [0.2, 0.25) is 0 Å². The van der Waals surface area contributed by atoms with E-state index in [0.29, 0.717) is 5.56 Å². The molecule has 0 saturated carbocycles. The number of benzene rings is 2. The maximum atomic E-state index is 11.0. The standard InChI is InChI=1S/C13H9ClO.H2S/c14-13(15)12-8-4-7-11(9-12)10-5-2-1-3-6-10;/h1-9H;1H2. The Labute approximate surface area is 107 Å². The maximum absolute atomic E-state index is 11.0. The smallest absolute Gasteiger partial charge is 0.252 e. The van der Waals surface area contributed by atoms with Crippen molar-refractivity contribution in [3.63, 3.8) is 0 Å². The van der Waals surface area contributed by atoms with E-state index in [0.717, 1.165) is 11.1 Å². The lowest BCUT2D eigenvalue weighted by atomic mass is 10.0. The van der Waals surface area contributed by atoms with Gasteiger partial charge in [-0.25, -0.2) is 0 Å². The lowest BCUT2D eigenvalue weighted by Gasteiger charge is -2.02. The summed E-state index contributed by atoms with van der Waals surface area (Å²) in [6.07, 6.45) is 0. The molecule has 2 aromatic carbocycles. The van der Waals surface area contributed by atoms with Crippen LogP contribution in [-0.2, 0) is 0 Å². The second kappa shape index (κ2) is 5.73. The highest BCUT2D eigenvalue weighted by atomic mass is 35.5. The van der Waals surface area contributed by atoms with E-state index in [1.165, 1.54) is 0 Å². The van der Waals surface area contributed by atoms with Gasteiger partial charge in [-0.2, -0.15) is 13.5 Å². The van der Waals surface area contributed by atoms with Crippen LogP contribution in [0.3, 0.4) is 0 Å². The Morgan fingerprint density at radius 1 is 0.875 bits per heavy atom. The molecule has 0 spiro atoms. The molecular weight excluding hydrogens is 240 g/mol. The third-order valence-corrected chi connectivity index (χ3v) is 2.41. The first kappa shape index (κ1) is 12.8. The van der Waals surface area contributed by atoms with Gasteiger partial charge in [0.1, 0.15) is 0 Å².